The summed E-state index contributed by atoms with van der Waals surface area (Å²) in [5.74, 6) is 0. The molecule has 3 aromatic rings. The van der Waals surface area contributed by atoms with Crippen LogP contribution >= 0.6 is 12.2 Å². The van der Waals surface area contributed by atoms with Gasteiger partial charge in [0.15, 0.2) is 5.11 Å². The number of alkyl halides is 3. The number of rotatable bonds is 6. The summed E-state index contributed by atoms with van der Waals surface area (Å²) in [5, 5.41) is 6.85. The molecule has 0 unspecified atom stereocenters. The van der Waals surface area contributed by atoms with Crippen molar-refractivity contribution in [2.75, 3.05) is 44.7 Å². The van der Waals surface area contributed by atoms with Crippen molar-refractivity contribution < 1.29 is 17.9 Å². The first-order chi connectivity index (χ1) is 16.3. The lowest BCUT2D eigenvalue weighted by atomic mass is 10.0. The van der Waals surface area contributed by atoms with Crippen molar-refractivity contribution in [2.45, 2.75) is 12.6 Å². The lowest BCUT2D eigenvalue weighted by molar-refractivity contribution is -0.136. The first-order valence-corrected chi connectivity index (χ1v) is 11.4. The number of nitrogens with one attached hydrogen (secondary N) is 3. The van der Waals surface area contributed by atoms with Crippen molar-refractivity contribution in [3.8, 4) is 0 Å². The van der Waals surface area contributed by atoms with E-state index in [-0.39, 0.29) is 10.9 Å². The van der Waals surface area contributed by atoms with Gasteiger partial charge < -0.3 is 20.4 Å². The zero-order valence-electron chi connectivity index (χ0n) is 18.4. The molecule has 0 atom stereocenters. The number of halogens is 3. The zero-order valence-corrected chi connectivity index (χ0v) is 19.2. The standard InChI is InChI=1S/C24H25F3N4O2S/c25-24(26,27)20-15-22(32)30-21-6-3-17(14-19(20)21)13-16-1-4-18(5-2-16)29-23(34)28-7-8-31-9-11-33-12-10-31/h1-6,14-15H,7-13H2,(H,30,32)(H2,28,29,34). The van der Waals surface area contributed by atoms with E-state index in [2.05, 4.69) is 20.5 Å². The Morgan fingerprint density at radius 3 is 2.47 bits per heavy atom. The van der Waals surface area contributed by atoms with Crippen LogP contribution in [0.4, 0.5) is 18.9 Å². The van der Waals surface area contributed by atoms with Crippen molar-refractivity contribution >= 4 is 33.9 Å². The molecule has 1 fully saturated rings. The highest BCUT2D eigenvalue weighted by Crippen LogP contribution is 2.33. The molecule has 10 heteroatoms. The highest BCUT2D eigenvalue weighted by Gasteiger charge is 2.33. The quantitative estimate of drug-likeness (QED) is 0.458. The minimum Gasteiger partial charge on any atom is -0.379 e. The molecule has 34 heavy (non-hydrogen) atoms. The van der Waals surface area contributed by atoms with Crippen LogP contribution in [0.3, 0.4) is 0 Å². The van der Waals surface area contributed by atoms with Gasteiger partial charge in [0.1, 0.15) is 0 Å². The van der Waals surface area contributed by atoms with E-state index in [9.17, 15) is 18.0 Å². The maximum Gasteiger partial charge on any atom is 0.417 e. The predicted molar refractivity (Wildman–Crippen MR) is 130 cm³/mol. The number of morpholine rings is 1. The van der Waals surface area contributed by atoms with Gasteiger partial charge in [-0.05, 0) is 54.0 Å². The Bertz CT molecular complexity index is 1210. The topological polar surface area (TPSA) is 69.4 Å². The number of aromatic amines is 1. The molecule has 6 nitrogen and oxygen atoms in total. The number of pyridine rings is 1. The normalized spacial score (nSPS) is 14.8. The summed E-state index contributed by atoms with van der Waals surface area (Å²) in [5.41, 5.74) is 0.937. The Kier molecular flexibility index (Phi) is 7.50. The van der Waals surface area contributed by atoms with Crippen LogP contribution in [0.15, 0.2) is 53.3 Å². The molecule has 1 aliphatic heterocycles. The Balaban J connectivity index is 1.36. The molecule has 0 amide bonds. The van der Waals surface area contributed by atoms with E-state index in [1.807, 2.05) is 24.3 Å². The molecule has 0 bridgehead atoms. The Morgan fingerprint density at radius 1 is 1.06 bits per heavy atom. The van der Waals surface area contributed by atoms with Gasteiger partial charge in [0, 0.05) is 48.8 Å². The molecular formula is C24H25F3N4O2S. The molecule has 180 valence electrons. The maximum atomic E-state index is 13.4. The monoisotopic (exact) mass is 490 g/mol. The highest BCUT2D eigenvalue weighted by atomic mass is 32.1. The van der Waals surface area contributed by atoms with E-state index in [0.29, 0.717) is 23.2 Å². The van der Waals surface area contributed by atoms with E-state index in [0.717, 1.165) is 50.6 Å². The molecule has 4 rings (SSSR count). The molecule has 0 spiro atoms. The maximum absolute atomic E-state index is 13.4. The summed E-state index contributed by atoms with van der Waals surface area (Å²) in [6.07, 6.45) is -4.15. The largest absolute Gasteiger partial charge is 0.417 e. The van der Waals surface area contributed by atoms with E-state index in [1.54, 1.807) is 6.07 Å². The molecule has 0 radical (unpaired) electrons. The average molecular weight is 491 g/mol. The fourth-order valence-electron chi connectivity index (χ4n) is 3.91. The number of aromatic nitrogens is 1. The summed E-state index contributed by atoms with van der Waals surface area (Å²) < 4.78 is 45.5. The summed E-state index contributed by atoms with van der Waals surface area (Å²) >= 11 is 5.35. The predicted octanol–water partition coefficient (Wildman–Crippen LogP) is 3.76. The molecule has 1 saturated heterocycles. The average Bonchev–Trinajstić information content (AvgIpc) is 2.80. The molecular weight excluding hydrogens is 465 g/mol. The van der Waals surface area contributed by atoms with Gasteiger partial charge in [0.05, 0.1) is 18.8 Å². The summed E-state index contributed by atoms with van der Waals surface area (Å²) in [4.78, 5) is 16.4. The number of anilines is 1. The lowest BCUT2D eigenvalue weighted by Crippen LogP contribution is -2.42. The number of benzene rings is 2. The van der Waals surface area contributed by atoms with Gasteiger partial charge >= 0.3 is 6.18 Å². The fraction of sp³-hybridized carbons (Fsp3) is 0.333. The SMILES string of the molecule is O=c1cc(C(F)(F)F)c2cc(Cc3ccc(NC(=S)NCCN4CCOCC4)cc3)ccc2[nH]1. The number of fused-ring (bicyclic) bond motifs is 1. The second-order valence-corrected chi connectivity index (χ2v) is 8.54. The van der Waals surface area contributed by atoms with Gasteiger partial charge in [-0.3, -0.25) is 9.69 Å². The van der Waals surface area contributed by atoms with Crippen molar-refractivity contribution in [3.63, 3.8) is 0 Å². The van der Waals surface area contributed by atoms with Crippen LogP contribution in [0.1, 0.15) is 16.7 Å². The third-order valence-electron chi connectivity index (χ3n) is 5.65. The summed E-state index contributed by atoms with van der Waals surface area (Å²) in [6, 6.07) is 12.9. The first-order valence-electron chi connectivity index (χ1n) is 10.9. The Morgan fingerprint density at radius 2 is 1.76 bits per heavy atom. The smallest absolute Gasteiger partial charge is 0.379 e. The van der Waals surface area contributed by atoms with E-state index in [4.69, 9.17) is 17.0 Å². The third kappa shape index (κ3) is 6.34. The first kappa shape index (κ1) is 24.2. The van der Waals surface area contributed by atoms with Gasteiger partial charge in [-0.2, -0.15) is 13.2 Å². The van der Waals surface area contributed by atoms with Crippen molar-refractivity contribution in [3.05, 3.63) is 75.6 Å². The zero-order chi connectivity index (χ0) is 24.1. The highest BCUT2D eigenvalue weighted by molar-refractivity contribution is 7.80. The Labute approximate surface area is 200 Å². The minimum atomic E-state index is -4.60. The van der Waals surface area contributed by atoms with Crippen molar-refractivity contribution in [1.29, 1.82) is 0 Å². The van der Waals surface area contributed by atoms with Crippen LogP contribution in [0.25, 0.3) is 10.9 Å². The number of ether oxygens (including phenoxy) is 1. The Hall–Kier alpha value is -2.95. The van der Waals surface area contributed by atoms with E-state index in [1.165, 1.54) is 12.1 Å². The van der Waals surface area contributed by atoms with Gasteiger partial charge in [0.2, 0.25) is 5.56 Å². The van der Waals surface area contributed by atoms with Crippen LogP contribution in [0.2, 0.25) is 0 Å². The third-order valence-corrected chi connectivity index (χ3v) is 5.90. The number of hydrogen-bond acceptors (Lipinski definition) is 4. The van der Waals surface area contributed by atoms with Crippen LogP contribution in [-0.2, 0) is 17.3 Å². The van der Waals surface area contributed by atoms with E-state index >= 15 is 0 Å². The molecule has 3 N–H and O–H groups in total. The minimum absolute atomic E-state index is 0.0172. The van der Waals surface area contributed by atoms with Crippen molar-refractivity contribution in [1.82, 2.24) is 15.2 Å². The number of hydrogen-bond donors (Lipinski definition) is 3. The number of thiocarbonyl (C=S) groups is 1. The molecule has 0 aliphatic carbocycles. The summed E-state index contributed by atoms with van der Waals surface area (Å²) in [6.45, 7) is 5.00. The number of H-pyrrole nitrogens is 1. The molecule has 1 aromatic heterocycles. The van der Waals surface area contributed by atoms with E-state index < -0.39 is 17.3 Å². The lowest BCUT2D eigenvalue weighted by Gasteiger charge is -2.26. The fourth-order valence-corrected chi connectivity index (χ4v) is 4.13. The second kappa shape index (κ2) is 10.5. The van der Waals surface area contributed by atoms with Crippen LogP contribution in [-0.4, -0.2) is 54.4 Å². The molecule has 1 aliphatic rings. The second-order valence-electron chi connectivity index (χ2n) is 8.13. The van der Waals surface area contributed by atoms with Gasteiger partial charge in [0.25, 0.3) is 0 Å². The van der Waals surface area contributed by atoms with Gasteiger partial charge in [-0.15, -0.1) is 0 Å². The van der Waals surface area contributed by atoms with Crippen LogP contribution in [0, 0.1) is 0 Å². The summed E-state index contributed by atoms with van der Waals surface area (Å²) in [7, 11) is 0. The molecule has 2 aromatic carbocycles. The molecule has 0 saturated carbocycles. The van der Waals surface area contributed by atoms with Gasteiger partial charge in [-0.1, -0.05) is 18.2 Å². The molecule has 2 heterocycles. The van der Waals surface area contributed by atoms with Crippen LogP contribution < -0.4 is 16.2 Å². The van der Waals surface area contributed by atoms with Gasteiger partial charge in [-0.25, -0.2) is 0 Å². The van der Waals surface area contributed by atoms with Crippen molar-refractivity contribution in [2.24, 2.45) is 0 Å². The van der Waals surface area contributed by atoms with Crippen LogP contribution in [0.5, 0.6) is 0 Å². The number of nitrogens with zero attached hydrogens (tertiary/aromatic N) is 1.